The summed E-state index contributed by atoms with van der Waals surface area (Å²) in [5, 5.41) is 3.93. The Morgan fingerprint density at radius 2 is 2.00 bits per heavy atom. The summed E-state index contributed by atoms with van der Waals surface area (Å²) in [6, 6.07) is 1.73. The molecular weight excluding hydrogens is 206 g/mol. The van der Waals surface area contributed by atoms with Crippen LogP contribution >= 0.6 is 0 Å². The van der Waals surface area contributed by atoms with Crippen molar-refractivity contribution in [1.29, 1.82) is 0 Å². The maximum Gasteiger partial charge on any atom is 0.0102 e. The monoisotopic (exact) mass is 237 g/mol. The van der Waals surface area contributed by atoms with Crippen molar-refractivity contribution in [2.45, 2.75) is 84.2 Å². The predicted octanol–water partition coefficient (Wildman–Crippen LogP) is 4.37. The van der Waals surface area contributed by atoms with Crippen LogP contribution in [0, 0.1) is 17.8 Å². The Labute approximate surface area is 108 Å². The van der Waals surface area contributed by atoms with Gasteiger partial charge in [0, 0.05) is 12.1 Å². The van der Waals surface area contributed by atoms with E-state index in [4.69, 9.17) is 0 Å². The molecule has 4 atom stereocenters. The fourth-order valence-corrected chi connectivity index (χ4v) is 3.77. The van der Waals surface area contributed by atoms with Crippen molar-refractivity contribution in [3.05, 3.63) is 0 Å². The molecule has 0 amide bonds. The highest BCUT2D eigenvalue weighted by Crippen LogP contribution is 2.37. The highest BCUT2D eigenvalue weighted by Gasteiger charge is 2.37. The smallest absolute Gasteiger partial charge is 0.0102 e. The lowest BCUT2D eigenvalue weighted by Gasteiger charge is -2.31. The third kappa shape index (κ3) is 4.28. The molecular formula is C16H31N. The van der Waals surface area contributed by atoms with E-state index in [0.29, 0.717) is 0 Å². The Hall–Kier alpha value is -0.0400. The van der Waals surface area contributed by atoms with Crippen LogP contribution < -0.4 is 5.32 Å². The van der Waals surface area contributed by atoms with Gasteiger partial charge in [-0.1, -0.05) is 40.0 Å². The fourth-order valence-electron chi connectivity index (χ4n) is 3.77. The molecule has 0 aromatic rings. The van der Waals surface area contributed by atoms with Crippen molar-refractivity contribution in [2.75, 3.05) is 0 Å². The van der Waals surface area contributed by atoms with E-state index in [9.17, 15) is 0 Å². The summed E-state index contributed by atoms with van der Waals surface area (Å²) in [4.78, 5) is 0. The fraction of sp³-hybridized carbons (Fsp3) is 1.00. The molecule has 2 fully saturated rings. The van der Waals surface area contributed by atoms with Crippen LogP contribution in [0.5, 0.6) is 0 Å². The van der Waals surface area contributed by atoms with Gasteiger partial charge in [0.25, 0.3) is 0 Å². The van der Waals surface area contributed by atoms with Gasteiger partial charge >= 0.3 is 0 Å². The van der Waals surface area contributed by atoms with Crippen LogP contribution in [0.15, 0.2) is 0 Å². The lowest BCUT2D eigenvalue weighted by atomic mass is 9.81. The van der Waals surface area contributed by atoms with E-state index in [2.05, 4.69) is 26.1 Å². The molecule has 4 unspecified atom stereocenters. The van der Waals surface area contributed by atoms with E-state index < -0.39 is 0 Å². The number of hydrogen-bond acceptors (Lipinski definition) is 1. The molecule has 0 heterocycles. The van der Waals surface area contributed by atoms with Gasteiger partial charge in [-0.3, -0.25) is 0 Å². The van der Waals surface area contributed by atoms with Crippen LogP contribution in [0.2, 0.25) is 0 Å². The molecule has 2 rings (SSSR count). The van der Waals surface area contributed by atoms with Gasteiger partial charge in [0.2, 0.25) is 0 Å². The lowest BCUT2D eigenvalue weighted by molar-refractivity contribution is 0.249. The summed E-state index contributed by atoms with van der Waals surface area (Å²) in [5.74, 6) is 2.91. The van der Waals surface area contributed by atoms with Crippen molar-refractivity contribution in [2.24, 2.45) is 17.8 Å². The van der Waals surface area contributed by atoms with E-state index >= 15 is 0 Å². The second-order valence-electron chi connectivity index (χ2n) is 6.92. The molecule has 2 aliphatic rings. The summed E-state index contributed by atoms with van der Waals surface area (Å²) >= 11 is 0. The second kappa shape index (κ2) is 6.22. The van der Waals surface area contributed by atoms with Crippen molar-refractivity contribution in [3.8, 4) is 0 Å². The van der Waals surface area contributed by atoms with Crippen LogP contribution in [0.25, 0.3) is 0 Å². The van der Waals surface area contributed by atoms with Crippen LogP contribution in [0.4, 0.5) is 0 Å². The number of rotatable bonds is 6. The van der Waals surface area contributed by atoms with E-state index in [-0.39, 0.29) is 0 Å². The first kappa shape index (κ1) is 13.4. The Morgan fingerprint density at radius 1 is 1.18 bits per heavy atom. The molecule has 0 spiro atoms. The van der Waals surface area contributed by atoms with Crippen LogP contribution in [0.1, 0.15) is 72.1 Å². The zero-order valence-electron chi connectivity index (χ0n) is 12.0. The van der Waals surface area contributed by atoms with Gasteiger partial charge in [-0.05, 0) is 49.9 Å². The average molecular weight is 237 g/mol. The first-order valence-electron chi connectivity index (χ1n) is 7.95. The summed E-state index contributed by atoms with van der Waals surface area (Å²) in [6.07, 6.45) is 11.5. The first-order chi connectivity index (χ1) is 8.19. The molecule has 0 radical (unpaired) electrons. The number of hydrogen-bond donors (Lipinski definition) is 1. The Balaban J connectivity index is 1.67. The van der Waals surface area contributed by atoms with E-state index in [1.807, 2.05) is 0 Å². The average Bonchev–Trinajstić information content (AvgIpc) is 2.96. The van der Waals surface area contributed by atoms with Crippen LogP contribution in [-0.4, -0.2) is 12.1 Å². The molecule has 2 aliphatic carbocycles. The molecule has 2 saturated carbocycles. The van der Waals surface area contributed by atoms with Gasteiger partial charge in [-0.15, -0.1) is 0 Å². The van der Waals surface area contributed by atoms with Crippen molar-refractivity contribution in [1.82, 2.24) is 5.32 Å². The van der Waals surface area contributed by atoms with Gasteiger partial charge in [0.15, 0.2) is 0 Å². The first-order valence-corrected chi connectivity index (χ1v) is 7.95. The minimum atomic E-state index is 0.847. The van der Waals surface area contributed by atoms with Gasteiger partial charge in [-0.2, -0.15) is 0 Å². The molecule has 1 N–H and O–H groups in total. The molecule has 0 saturated heterocycles. The largest absolute Gasteiger partial charge is 0.311 e. The minimum absolute atomic E-state index is 0.847. The van der Waals surface area contributed by atoms with E-state index in [0.717, 1.165) is 29.8 Å². The SMILES string of the molecule is CCCC1CC1NC1CCCC(CC(C)C)C1. The topological polar surface area (TPSA) is 12.0 Å². The third-order valence-corrected chi connectivity index (χ3v) is 4.62. The summed E-state index contributed by atoms with van der Waals surface area (Å²) in [5.41, 5.74) is 0. The van der Waals surface area contributed by atoms with Gasteiger partial charge in [0.05, 0.1) is 0 Å². The van der Waals surface area contributed by atoms with Crippen LogP contribution in [-0.2, 0) is 0 Å². The highest BCUT2D eigenvalue weighted by atomic mass is 15.0. The summed E-state index contributed by atoms with van der Waals surface area (Å²) in [6.45, 7) is 7.05. The molecule has 0 aromatic carbocycles. The van der Waals surface area contributed by atoms with Gasteiger partial charge in [0.1, 0.15) is 0 Å². The quantitative estimate of drug-likeness (QED) is 0.723. The Morgan fingerprint density at radius 3 is 2.71 bits per heavy atom. The van der Waals surface area contributed by atoms with Crippen LogP contribution in [0.3, 0.4) is 0 Å². The van der Waals surface area contributed by atoms with Gasteiger partial charge < -0.3 is 5.32 Å². The molecule has 1 nitrogen and oxygen atoms in total. The second-order valence-corrected chi connectivity index (χ2v) is 6.92. The van der Waals surface area contributed by atoms with Crippen molar-refractivity contribution >= 4 is 0 Å². The number of nitrogens with one attached hydrogen (secondary N) is 1. The van der Waals surface area contributed by atoms with E-state index in [1.54, 1.807) is 0 Å². The van der Waals surface area contributed by atoms with E-state index in [1.165, 1.54) is 51.4 Å². The highest BCUT2D eigenvalue weighted by molar-refractivity contribution is 4.95. The zero-order valence-corrected chi connectivity index (χ0v) is 12.0. The normalized spacial score (nSPS) is 37.4. The lowest BCUT2D eigenvalue weighted by Crippen LogP contribution is -2.36. The Bertz CT molecular complexity index is 224. The maximum atomic E-state index is 3.93. The molecule has 0 aliphatic heterocycles. The summed E-state index contributed by atoms with van der Waals surface area (Å²) < 4.78 is 0. The van der Waals surface area contributed by atoms with Gasteiger partial charge in [-0.25, -0.2) is 0 Å². The summed E-state index contributed by atoms with van der Waals surface area (Å²) in [7, 11) is 0. The molecule has 1 heteroatoms. The maximum absolute atomic E-state index is 3.93. The van der Waals surface area contributed by atoms with Crippen molar-refractivity contribution < 1.29 is 0 Å². The molecule has 0 bridgehead atoms. The standard InChI is InChI=1S/C16H31N/c1-4-6-14-11-16(14)17-15-8-5-7-13(10-15)9-12(2)3/h12-17H,4-11H2,1-3H3. The zero-order chi connectivity index (χ0) is 12.3. The molecule has 17 heavy (non-hydrogen) atoms. The third-order valence-electron chi connectivity index (χ3n) is 4.62. The Kier molecular flexibility index (Phi) is 4.90. The molecule has 0 aromatic heterocycles. The molecule has 100 valence electrons. The van der Waals surface area contributed by atoms with Crippen molar-refractivity contribution in [3.63, 3.8) is 0 Å². The predicted molar refractivity (Wildman–Crippen MR) is 75.1 cm³/mol. The minimum Gasteiger partial charge on any atom is -0.311 e.